The van der Waals surface area contributed by atoms with Crippen molar-refractivity contribution in [1.29, 1.82) is 0 Å². The smallest absolute Gasteiger partial charge is 0.162 e. The van der Waals surface area contributed by atoms with Gasteiger partial charge in [-0.3, -0.25) is 0 Å². The average molecular weight is 397 g/mol. The lowest BCUT2D eigenvalue weighted by molar-refractivity contribution is 0.385. The summed E-state index contributed by atoms with van der Waals surface area (Å²) in [7, 11) is 0. The maximum absolute atomic E-state index is 6.24. The van der Waals surface area contributed by atoms with Crippen LogP contribution >= 0.6 is 23.8 Å². The minimum Gasteiger partial charge on any atom is -0.454 e. The van der Waals surface area contributed by atoms with Crippen molar-refractivity contribution >= 4 is 34.5 Å². The molecular formula is C22H21ClN2OS. The molecule has 27 heavy (non-hydrogen) atoms. The lowest BCUT2D eigenvalue weighted by Gasteiger charge is -2.37. The highest BCUT2D eigenvalue weighted by Gasteiger charge is 2.22. The lowest BCUT2D eigenvalue weighted by Crippen LogP contribution is -2.48. The zero-order valence-electron chi connectivity index (χ0n) is 15.2. The van der Waals surface area contributed by atoms with E-state index >= 15 is 0 Å². The first-order valence-corrected chi connectivity index (χ1v) is 9.86. The van der Waals surface area contributed by atoms with Gasteiger partial charge in [-0.15, -0.1) is 0 Å². The molecule has 1 saturated heterocycles. The molecule has 0 aliphatic carbocycles. The SMILES string of the molecule is Cc1ccc(-c2ccc(C(=S)N3CCN(c4ccccc4)CC3)o2)cc1Cl. The molecule has 0 spiro atoms. The number of thiocarbonyl (C=S) groups is 1. The summed E-state index contributed by atoms with van der Waals surface area (Å²) in [6.07, 6.45) is 0. The number of para-hydroxylation sites is 1. The van der Waals surface area contributed by atoms with Crippen LogP contribution in [0.2, 0.25) is 5.02 Å². The Hall–Kier alpha value is -2.30. The van der Waals surface area contributed by atoms with Crippen molar-refractivity contribution < 1.29 is 4.42 Å². The molecule has 0 amide bonds. The lowest BCUT2D eigenvalue weighted by atomic mass is 10.1. The number of piperazine rings is 1. The number of aryl methyl sites for hydroxylation is 1. The normalized spacial score (nSPS) is 14.4. The summed E-state index contributed by atoms with van der Waals surface area (Å²) in [5.74, 6) is 1.53. The first kappa shape index (κ1) is 18.1. The van der Waals surface area contributed by atoms with Crippen LogP contribution in [0.3, 0.4) is 0 Å². The summed E-state index contributed by atoms with van der Waals surface area (Å²) in [5.41, 5.74) is 3.28. The highest BCUT2D eigenvalue weighted by Crippen LogP contribution is 2.28. The Morgan fingerprint density at radius 2 is 1.70 bits per heavy atom. The van der Waals surface area contributed by atoms with Gasteiger partial charge in [0, 0.05) is 42.5 Å². The van der Waals surface area contributed by atoms with E-state index in [0.29, 0.717) is 0 Å². The zero-order chi connectivity index (χ0) is 18.8. The van der Waals surface area contributed by atoms with Crippen LogP contribution in [-0.2, 0) is 0 Å². The van der Waals surface area contributed by atoms with E-state index in [0.717, 1.165) is 58.8 Å². The Morgan fingerprint density at radius 1 is 0.963 bits per heavy atom. The first-order valence-electron chi connectivity index (χ1n) is 9.07. The Morgan fingerprint density at radius 3 is 2.41 bits per heavy atom. The number of rotatable bonds is 3. The molecule has 5 heteroatoms. The highest BCUT2D eigenvalue weighted by atomic mass is 35.5. The summed E-state index contributed by atoms with van der Waals surface area (Å²) in [4.78, 5) is 5.38. The van der Waals surface area contributed by atoms with Crippen LogP contribution in [-0.4, -0.2) is 36.1 Å². The van der Waals surface area contributed by atoms with Gasteiger partial charge in [0.25, 0.3) is 0 Å². The van der Waals surface area contributed by atoms with E-state index in [9.17, 15) is 0 Å². The summed E-state index contributed by atoms with van der Waals surface area (Å²) < 4.78 is 6.04. The Kier molecular flexibility index (Phi) is 5.19. The van der Waals surface area contributed by atoms with Crippen molar-refractivity contribution in [2.75, 3.05) is 31.1 Å². The fourth-order valence-corrected chi connectivity index (χ4v) is 3.79. The predicted octanol–water partition coefficient (Wildman–Crippen LogP) is 5.41. The molecule has 2 heterocycles. The van der Waals surface area contributed by atoms with Gasteiger partial charge in [-0.05, 0) is 42.8 Å². The van der Waals surface area contributed by atoms with Gasteiger partial charge in [0.2, 0.25) is 0 Å². The number of furan rings is 1. The van der Waals surface area contributed by atoms with Crippen molar-refractivity contribution in [3.63, 3.8) is 0 Å². The number of benzene rings is 2. The number of anilines is 1. The minimum atomic E-state index is 0.741. The quantitative estimate of drug-likeness (QED) is 0.551. The molecular weight excluding hydrogens is 376 g/mol. The predicted molar refractivity (Wildman–Crippen MR) is 116 cm³/mol. The maximum Gasteiger partial charge on any atom is 0.162 e. The molecule has 0 N–H and O–H groups in total. The summed E-state index contributed by atoms with van der Waals surface area (Å²) in [6, 6.07) is 20.4. The van der Waals surface area contributed by atoms with Gasteiger partial charge in [0.15, 0.2) is 5.76 Å². The van der Waals surface area contributed by atoms with E-state index in [2.05, 4.69) is 34.1 Å². The molecule has 1 fully saturated rings. The van der Waals surface area contributed by atoms with Gasteiger partial charge in [-0.25, -0.2) is 0 Å². The third kappa shape index (κ3) is 3.87. The second kappa shape index (κ2) is 7.75. The van der Waals surface area contributed by atoms with Gasteiger partial charge in [0.05, 0.1) is 0 Å². The number of halogens is 1. The largest absolute Gasteiger partial charge is 0.454 e. The third-order valence-electron chi connectivity index (χ3n) is 4.96. The van der Waals surface area contributed by atoms with E-state index in [4.69, 9.17) is 28.2 Å². The maximum atomic E-state index is 6.24. The topological polar surface area (TPSA) is 19.6 Å². The molecule has 0 saturated carbocycles. The second-order valence-corrected chi connectivity index (χ2v) is 7.54. The molecule has 3 aromatic rings. The molecule has 0 atom stereocenters. The number of hydrogen-bond donors (Lipinski definition) is 0. The molecule has 0 bridgehead atoms. The molecule has 2 aromatic carbocycles. The first-order chi connectivity index (χ1) is 13.1. The van der Waals surface area contributed by atoms with E-state index in [1.807, 2.05) is 43.3 Å². The van der Waals surface area contributed by atoms with Crippen molar-refractivity contribution in [2.24, 2.45) is 0 Å². The zero-order valence-corrected chi connectivity index (χ0v) is 16.8. The number of nitrogens with zero attached hydrogens (tertiary/aromatic N) is 2. The molecule has 3 nitrogen and oxygen atoms in total. The van der Waals surface area contributed by atoms with Crippen molar-refractivity contribution in [1.82, 2.24) is 4.90 Å². The Labute approximate surface area is 170 Å². The van der Waals surface area contributed by atoms with Crippen molar-refractivity contribution in [3.05, 3.63) is 77.0 Å². The van der Waals surface area contributed by atoms with Gasteiger partial charge in [-0.1, -0.05) is 54.2 Å². The average Bonchev–Trinajstić information content (AvgIpc) is 3.20. The summed E-state index contributed by atoms with van der Waals surface area (Å²) in [6.45, 7) is 5.67. The van der Waals surface area contributed by atoms with E-state index in [1.165, 1.54) is 5.69 Å². The van der Waals surface area contributed by atoms with Gasteiger partial charge < -0.3 is 14.2 Å². The Balaban J connectivity index is 1.43. The van der Waals surface area contributed by atoms with Gasteiger partial charge in [0.1, 0.15) is 10.7 Å². The van der Waals surface area contributed by atoms with Crippen LogP contribution in [0.1, 0.15) is 11.3 Å². The fraction of sp³-hybridized carbons (Fsp3) is 0.227. The second-order valence-electron chi connectivity index (χ2n) is 6.74. The van der Waals surface area contributed by atoms with Crippen molar-refractivity contribution in [2.45, 2.75) is 6.92 Å². The fourth-order valence-electron chi connectivity index (χ4n) is 3.32. The summed E-state index contributed by atoms with van der Waals surface area (Å²) >= 11 is 11.9. The van der Waals surface area contributed by atoms with Crippen LogP contribution in [0, 0.1) is 6.92 Å². The molecule has 1 aromatic heterocycles. The molecule has 4 rings (SSSR count). The molecule has 0 unspecified atom stereocenters. The molecule has 1 aliphatic heterocycles. The van der Waals surface area contributed by atoms with Gasteiger partial charge in [-0.2, -0.15) is 0 Å². The minimum absolute atomic E-state index is 0.741. The van der Waals surface area contributed by atoms with Gasteiger partial charge >= 0.3 is 0 Å². The van der Waals surface area contributed by atoms with Crippen molar-refractivity contribution in [3.8, 4) is 11.3 Å². The van der Waals surface area contributed by atoms with E-state index < -0.39 is 0 Å². The summed E-state index contributed by atoms with van der Waals surface area (Å²) in [5, 5.41) is 0.741. The molecule has 1 aliphatic rings. The van der Waals surface area contributed by atoms with Crippen LogP contribution < -0.4 is 4.90 Å². The van der Waals surface area contributed by atoms with Crippen LogP contribution in [0.25, 0.3) is 11.3 Å². The highest BCUT2D eigenvalue weighted by molar-refractivity contribution is 7.80. The van der Waals surface area contributed by atoms with E-state index in [-0.39, 0.29) is 0 Å². The van der Waals surface area contributed by atoms with Crippen LogP contribution in [0.4, 0.5) is 5.69 Å². The molecule has 138 valence electrons. The third-order valence-corrected chi connectivity index (χ3v) is 5.83. The van der Waals surface area contributed by atoms with Crippen LogP contribution in [0.15, 0.2) is 65.1 Å². The van der Waals surface area contributed by atoms with Crippen LogP contribution in [0.5, 0.6) is 0 Å². The Bertz CT molecular complexity index is 946. The number of hydrogen-bond acceptors (Lipinski definition) is 3. The monoisotopic (exact) mass is 396 g/mol. The van der Waals surface area contributed by atoms with E-state index in [1.54, 1.807) is 0 Å². The standard InChI is InChI=1S/C22H21ClN2OS/c1-16-7-8-17(15-19(16)23)20-9-10-21(26-20)22(27)25-13-11-24(12-14-25)18-5-3-2-4-6-18/h2-10,15H,11-14H2,1H3. The molecule has 0 radical (unpaired) electrons.